The normalized spacial score (nSPS) is 18.7. The quantitative estimate of drug-likeness (QED) is 0.293. The van der Waals surface area contributed by atoms with E-state index in [0.717, 1.165) is 80.6 Å². The second-order valence-electron chi connectivity index (χ2n) is 12.7. The highest BCUT2D eigenvalue weighted by Gasteiger charge is 2.32. The van der Waals surface area contributed by atoms with Gasteiger partial charge in [-0.1, -0.05) is 62.4 Å². The van der Waals surface area contributed by atoms with Crippen molar-refractivity contribution in [2.75, 3.05) is 18.4 Å². The molecule has 0 spiro atoms. The summed E-state index contributed by atoms with van der Waals surface area (Å²) in [6, 6.07) is 11.5. The van der Waals surface area contributed by atoms with E-state index in [2.05, 4.69) is 36.0 Å². The van der Waals surface area contributed by atoms with Crippen molar-refractivity contribution in [3.63, 3.8) is 0 Å². The van der Waals surface area contributed by atoms with E-state index in [9.17, 15) is 14.7 Å². The Morgan fingerprint density at radius 1 is 1.00 bits per heavy atom. The first-order chi connectivity index (χ1) is 20.2. The summed E-state index contributed by atoms with van der Waals surface area (Å²) in [6.45, 7) is 8.85. The molecule has 9 nitrogen and oxygen atoms in total. The van der Waals surface area contributed by atoms with Crippen molar-refractivity contribution in [2.45, 2.75) is 102 Å². The number of fused-ring (bicyclic) bond motifs is 1. The van der Waals surface area contributed by atoms with Gasteiger partial charge < -0.3 is 14.9 Å². The van der Waals surface area contributed by atoms with Crippen LogP contribution in [0.5, 0.6) is 0 Å². The van der Waals surface area contributed by atoms with Gasteiger partial charge in [0.15, 0.2) is 6.10 Å². The van der Waals surface area contributed by atoms with Crippen LogP contribution >= 0.6 is 0 Å². The summed E-state index contributed by atoms with van der Waals surface area (Å²) in [6.07, 6.45) is 9.33. The maximum Gasteiger partial charge on any atom is 0.365 e. The van der Waals surface area contributed by atoms with Crippen LogP contribution in [0.15, 0.2) is 48.7 Å². The lowest BCUT2D eigenvalue weighted by Gasteiger charge is -2.40. The summed E-state index contributed by atoms with van der Waals surface area (Å²) < 4.78 is 0. The third-order valence-corrected chi connectivity index (χ3v) is 8.80. The predicted molar refractivity (Wildman–Crippen MR) is 164 cm³/mol. The second kappa shape index (κ2) is 13.3. The molecule has 1 aromatic carbocycles. The van der Waals surface area contributed by atoms with Gasteiger partial charge >= 0.3 is 12.0 Å². The fraction of sp³-hybridized carbons (Fsp3) is 0.545. The van der Waals surface area contributed by atoms with Gasteiger partial charge in [0.05, 0.1) is 17.1 Å². The molecule has 2 aromatic heterocycles. The number of aliphatic hydroxyl groups excluding tert-OH is 1. The number of amides is 2. The van der Waals surface area contributed by atoms with E-state index in [1.54, 1.807) is 30.3 Å². The molecule has 0 bridgehead atoms. The fourth-order valence-electron chi connectivity index (χ4n) is 6.30. The first-order valence-corrected chi connectivity index (χ1v) is 15.5. The number of pyridine rings is 1. The summed E-state index contributed by atoms with van der Waals surface area (Å²) in [7, 11) is 0. The van der Waals surface area contributed by atoms with E-state index >= 15 is 0 Å². The highest BCUT2D eigenvalue weighted by molar-refractivity contribution is 5.91. The van der Waals surface area contributed by atoms with Crippen LogP contribution < -0.4 is 5.32 Å². The van der Waals surface area contributed by atoms with Crippen LogP contribution in [0.2, 0.25) is 0 Å². The molecule has 3 heterocycles. The number of benzene rings is 1. The fourth-order valence-corrected chi connectivity index (χ4v) is 6.30. The highest BCUT2D eigenvalue weighted by Crippen LogP contribution is 2.35. The number of rotatable bonds is 5. The smallest absolute Gasteiger partial charge is 0.365 e. The van der Waals surface area contributed by atoms with Gasteiger partial charge in [-0.25, -0.2) is 14.6 Å². The van der Waals surface area contributed by atoms with Gasteiger partial charge in [0.1, 0.15) is 5.82 Å². The predicted octanol–water partition coefficient (Wildman–Crippen LogP) is 6.68. The number of aromatic amines is 1. The van der Waals surface area contributed by atoms with Crippen LogP contribution in [0.4, 0.5) is 10.6 Å². The number of likely N-dealkylation sites (tertiary alicyclic amines) is 1. The van der Waals surface area contributed by atoms with Crippen molar-refractivity contribution in [1.82, 2.24) is 19.9 Å². The summed E-state index contributed by atoms with van der Waals surface area (Å²) in [5, 5.41) is 14.7. The van der Waals surface area contributed by atoms with Gasteiger partial charge in [0, 0.05) is 11.7 Å². The molecular formula is C33H45N5O4. The summed E-state index contributed by atoms with van der Waals surface area (Å²) in [5.74, 6) is -0.0880. The number of aliphatic hydroxyl groups is 1. The van der Waals surface area contributed by atoms with Crippen LogP contribution in [0, 0.1) is 0 Å². The molecule has 1 aliphatic carbocycles. The monoisotopic (exact) mass is 575 g/mol. The third kappa shape index (κ3) is 7.13. The number of carbonyl (C=O) groups is 2. The first kappa shape index (κ1) is 30.0. The van der Waals surface area contributed by atoms with E-state index in [1.807, 2.05) is 18.3 Å². The number of nitrogens with one attached hydrogen (secondary N) is 2. The molecule has 2 amide bonds. The molecular weight excluding hydrogens is 530 g/mol. The van der Waals surface area contributed by atoms with Crippen LogP contribution in [-0.4, -0.2) is 61.7 Å². The Morgan fingerprint density at radius 2 is 1.67 bits per heavy atom. The molecule has 0 radical (unpaired) electrons. The van der Waals surface area contributed by atoms with Crippen molar-refractivity contribution in [1.29, 1.82) is 0 Å². The average Bonchev–Trinajstić information content (AvgIpc) is 3.39. The molecule has 1 saturated heterocycles. The van der Waals surface area contributed by atoms with E-state index in [4.69, 9.17) is 9.82 Å². The van der Waals surface area contributed by atoms with Crippen molar-refractivity contribution in [3.8, 4) is 0 Å². The number of anilines is 1. The van der Waals surface area contributed by atoms with E-state index in [1.165, 1.54) is 12.0 Å². The van der Waals surface area contributed by atoms with Crippen molar-refractivity contribution in [3.05, 3.63) is 59.8 Å². The summed E-state index contributed by atoms with van der Waals surface area (Å²) >= 11 is 0. The van der Waals surface area contributed by atoms with Gasteiger partial charge in [0.2, 0.25) is 0 Å². The minimum atomic E-state index is -1.49. The summed E-state index contributed by atoms with van der Waals surface area (Å²) in [5.41, 5.74) is 3.53. The van der Waals surface area contributed by atoms with E-state index < -0.39 is 18.1 Å². The molecule has 1 atom stereocenters. The number of H-pyrrole nitrogens is 1. The van der Waals surface area contributed by atoms with Gasteiger partial charge in [-0.05, 0) is 88.7 Å². The summed E-state index contributed by atoms with van der Waals surface area (Å²) in [4.78, 5) is 43.1. The van der Waals surface area contributed by atoms with E-state index in [0.29, 0.717) is 17.3 Å². The molecule has 3 aromatic rings. The molecule has 1 saturated carbocycles. The van der Waals surface area contributed by atoms with Gasteiger partial charge in [-0.15, -0.1) is 0 Å². The first-order valence-electron chi connectivity index (χ1n) is 15.5. The molecule has 226 valence electrons. The molecule has 9 heteroatoms. The lowest BCUT2D eigenvalue weighted by atomic mass is 9.88. The number of urea groups is 1. The standard InChI is InChI=1S/C33H45N5O4/c1-33(2,3)37-20-18-23(19-21-37)26-22-34-27-16-17-28(35-29(26)27)36-32(41)38(25-14-10-5-4-6-11-15-25)42-31(40)30(39)24-12-8-7-9-13-24/h7-9,12-13,16-17,22-23,25,30,34,39H,4-6,10-11,14-15,18-21H2,1-3H3,(H,35,36,41)/t30-/m1/s1. The zero-order valence-corrected chi connectivity index (χ0v) is 25.1. The maximum absolute atomic E-state index is 13.7. The Hall–Kier alpha value is -3.43. The molecule has 0 unspecified atom stereocenters. The Bertz CT molecular complexity index is 1340. The number of nitrogens with zero attached hydrogens (tertiary/aromatic N) is 3. The maximum atomic E-state index is 13.7. The van der Waals surface area contributed by atoms with Crippen LogP contribution in [-0.2, 0) is 9.63 Å². The van der Waals surface area contributed by atoms with Gasteiger partial charge in [0.25, 0.3) is 0 Å². The number of carbonyl (C=O) groups excluding carboxylic acids is 2. The number of aromatic nitrogens is 2. The Kier molecular flexibility index (Phi) is 9.48. The van der Waals surface area contributed by atoms with Crippen LogP contribution in [0.3, 0.4) is 0 Å². The lowest BCUT2D eigenvalue weighted by molar-refractivity contribution is -0.195. The minimum Gasteiger partial charge on any atom is -0.377 e. The van der Waals surface area contributed by atoms with Gasteiger partial charge in [-0.2, -0.15) is 5.06 Å². The van der Waals surface area contributed by atoms with Gasteiger partial charge in [-0.3, -0.25) is 10.2 Å². The topological polar surface area (TPSA) is 111 Å². The SMILES string of the molecule is CC(C)(C)N1CCC(c2c[nH]c3ccc(NC(=O)N(OC(=O)[C@H](O)c4ccccc4)C4CCCCCCC4)nc23)CC1. The minimum absolute atomic E-state index is 0.157. The van der Waals surface area contributed by atoms with E-state index in [-0.39, 0.29) is 11.6 Å². The Morgan fingerprint density at radius 3 is 2.33 bits per heavy atom. The third-order valence-electron chi connectivity index (χ3n) is 8.80. The molecule has 1 aliphatic heterocycles. The zero-order chi connectivity index (χ0) is 29.7. The Balaban J connectivity index is 1.33. The molecule has 42 heavy (non-hydrogen) atoms. The molecule has 2 aliphatic rings. The highest BCUT2D eigenvalue weighted by atomic mass is 16.7. The molecule has 3 N–H and O–H groups in total. The molecule has 5 rings (SSSR count). The lowest BCUT2D eigenvalue weighted by Crippen LogP contribution is -2.45. The van der Waals surface area contributed by atoms with Crippen molar-refractivity contribution >= 4 is 28.9 Å². The largest absolute Gasteiger partial charge is 0.377 e. The second-order valence-corrected chi connectivity index (χ2v) is 12.7. The number of hydroxylamine groups is 2. The molecule has 2 fully saturated rings. The van der Waals surface area contributed by atoms with Crippen molar-refractivity contribution < 1.29 is 19.5 Å². The number of hydrogen-bond acceptors (Lipinski definition) is 6. The Labute approximate surface area is 248 Å². The number of piperidine rings is 1. The van der Waals surface area contributed by atoms with Crippen LogP contribution in [0.25, 0.3) is 11.0 Å². The average molecular weight is 576 g/mol. The number of hydrogen-bond donors (Lipinski definition) is 3. The van der Waals surface area contributed by atoms with Crippen molar-refractivity contribution in [2.24, 2.45) is 0 Å². The van der Waals surface area contributed by atoms with Crippen LogP contribution in [0.1, 0.15) is 102 Å². The zero-order valence-electron chi connectivity index (χ0n) is 25.1.